The molecule has 1 aliphatic heterocycles. The van der Waals surface area contributed by atoms with Gasteiger partial charge < -0.3 is 10.1 Å². The predicted octanol–water partition coefficient (Wildman–Crippen LogP) is 1.28. The van der Waals surface area contributed by atoms with Crippen LogP contribution < -0.4 is 10.2 Å². The molecule has 1 aromatic heterocycles. The normalized spacial score (nSPS) is 17.2. The Labute approximate surface area is 152 Å². The van der Waals surface area contributed by atoms with Gasteiger partial charge in [-0.2, -0.15) is 4.80 Å². The Morgan fingerprint density at radius 2 is 2.26 bits per heavy atom. The van der Waals surface area contributed by atoms with E-state index < -0.39 is 23.8 Å². The fourth-order valence-corrected chi connectivity index (χ4v) is 2.48. The Hall–Kier alpha value is -3.37. The van der Waals surface area contributed by atoms with Crippen LogP contribution >= 0.6 is 0 Å². The highest BCUT2D eigenvalue weighted by atomic mass is 19.1. The van der Waals surface area contributed by atoms with E-state index in [0.29, 0.717) is 0 Å². The van der Waals surface area contributed by atoms with Gasteiger partial charge in [0.2, 0.25) is 11.7 Å². The van der Waals surface area contributed by atoms with Gasteiger partial charge in [-0.05, 0) is 29.5 Å². The number of ether oxygens (including phenoxy) is 1. The van der Waals surface area contributed by atoms with Crippen molar-refractivity contribution in [3.05, 3.63) is 35.4 Å². The minimum atomic E-state index is -0.842. The Morgan fingerprint density at radius 3 is 2.89 bits per heavy atom. The number of anilines is 1. The fourth-order valence-electron chi connectivity index (χ4n) is 2.48. The van der Waals surface area contributed by atoms with Gasteiger partial charge in [-0.1, -0.05) is 0 Å². The zero-order valence-electron chi connectivity index (χ0n) is 14.5. The molecule has 1 aliphatic rings. The smallest absolute Gasteiger partial charge is 0.414 e. The molecular weight excluding hydrogens is 362 g/mol. The van der Waals surface area contributed by atoms with Crippen LogP contribution in [0.5, 0.6) is 0 Å². The topological polar surface area (TPSA) is 102 Å². The number of nitrogens with one attached hydrogen (secondary N) is 1. The van der Waals surface area contributed by atoms with E-state index in [1.54, 1.807) is 0 Å². The lowest BCUT2D eigenvalue weighted by atomic mass is 10.1. The van der Waals surface area contributed by atoms with Crippen molar-refractivity contribution in [2.75, 3.05) is 18.0 Å². The van der Waals surface area contributed by atoms with Crippen LogP contribution in [0.15, 0.2) is 18.2 Å². The second-order valence-electron chi connectivity index (χ2n) is 5.85. The van der Waals surface area contributed by atoms with Gasteiger partial charge in [0.25, 0.3) is 0 Å². The van der Waals surface area contributed by atoms with Crippen LogP contribution in [0.1, 0.15) is 18.3 Å². The summed E-state index contributed by atoms with van der Waals surface area (Å²) in [6, 6.07) is 3.90. The molecule has 0 unspecified atom stereocenters. The lowest BCUT2D eigenvalue weighted by molar-refractivity contribution is -0.119. The van der Waals surface area contributed by atoms with Gasteiger partial charge >= 0.3 is 6.09 Å². The van der Waals surface area contributed by atoms with Gasteiger partial charge in [0.1, 0.15) is 11.9 Å². The molecule has 2 heterocycles. The van der Waals surface area contributed by atoms with Gasteiger partial charge in [0.05, 0.1) is 25.8 Å². The first-order chi connectivity index (χ1) is 12.8. The molecule has 0 saturated carbocycles. The summed E-state index contributed by atoms with van der Waals surface area (Å²) in [5, 5.41) is 13.3. The van der Waals surface area contributed by atoms with E-state index in [-0.39, 0.29) is 36.1 Å². The zero-order valence-corrected chi connectivity index (χ0v) is 14.5. The van der Waals surface area contributed by atoms with Crippen LogP contribution in [-0.2, 0) is 16.6 Å². The highest BCUT2D eigenvalue weighted by Crippen LogP contribution is 2.26. The number of rotatable bonds is 5. The second-order valence-corrected chi connectivity index (χ2v) is 5.85. The van der Waals surface area contributed by atoms with Crippen molar-refractivity contribution in [3.8, 4) is 0 Å². The summed E-state index contributed by atoms with van der Waals surface area (Å²) in [7, 11) is 1.48. The third-order valence-corrected chi connectivity index (χ3v) is 3.75. The standard InChI is InChI=1S/C16H16F2N6O3/c1-9(25)19-7-12-8-24(16(26)27-12)11-4-3-10(13(17)6-11)5-14(18)15-20-22-23(2)21-15/h3-6,12H,7-8H2,1-2H3,(H,19,25)/b14-5-/t12-/m0/s1. The van der Waals surface area contributed by atoms with Gasteiger partial charge in [-0.15, -0.1) is 10.2 Å². The molecule has 1 atom stereocenters. The molecule has 27 heavy (non-hydrogen) atoms. The maximum atomic E-state index is 14.4. The van der Waals surface area contributed by atoms with Crippen molar-refractivity contribution >= 4 is 29.6 Å². The predicted molar refractivity (Wildman–Crippen MR) is 90.5 cm³/mol. The molecule has 0 radical (unpaired) electrons. The molecular formula is C16H16F2N6O3. The van der Waals surface area contributed by atoms with Gasteiger partial charge in [-0.25, -0.2) is 13.6 Å². The zero-order chi connectivity index (χ0) is 19.6. The quantitative estimate of drug-likeness (QED) is 0.841. The van der Waals surface area contributed by atoms with Crippen molar-refractivity contribution in [2.24, 2.45) is 7.05 Å². The molecule has 2 aromatic rings. The van der Waals surface area contributed by atoms with Crippen LogP contribution in [0, 0.1) is 5.82 Å². The molecule has 0 aliphatic carbocycles. The lowest BCUT2D eigenvalue weighted by Crippen LogP contribution is -2.33. The van der Waals surface area contributed by atoms with Gasteiger partial charge in [0.15, 0.2) is 5.83 Å². The maximum absolute atomic E-state index is 14.4. The first kappa shape index (κ1) is 18.4. The van der Waals surface area contributed by atoms with E-state index in [0.717, 1.165) is 16.9 Å². The minimum absolute atomic E-state index is 0.0361. The number of halogens is 2. The van der Waals surface area contributed by atoms with E-state index >= 15 is 0 Å². The highest BCUT2D eigenvalue weighted by Gasteiger charge is 2.32. The number of aromatic nitrogens is 4. The summed E-state index contributed by atoms with van der Waals surface area (Å²) in [6.45, 7) is 1.68. The largest absolute Gasteiger partial charge is 0.442 e. The number of nitrogens with zero attached hydrogens (tertiary/aromatic N) is 5. The van der Waals surface area contributed by atoms with Crippen LogP contribution in [0.25, 0.3) is 11.9 Å². The van der Waals surface area contributed by atoms with Gasteiger partial charge in [-0.3, -0.25) is 9.69 Å². The number of aryl methyl sites for hydroxylation is 1. The van der Waals surface area contributed by atoms with Crippen LogP contribution in [0.2, 0.25) is 0 Å². The maximum Gasteiger partial charge on any atom is 0.414 e. The lowest BCUT2D eigenvalue weighted by Gasteiger charge is -2.13. The summed E-state index contributed by atoms with van der Waals surface area (Å²) in [5.74, 6) is -2.08. The number of benzene rings is 1. The number of tetrazole rings is 1. The number of amides is 2. The van der Waals surface area contributed by atoms with Gasteiger partial charge in [0, 0.05) is 12.5 Å². The van der Waals surface area contributed by atoms with Crippen molar-refractivity contribution < 1.29 is 23.1 Å². The third kappa shape index (κ3) is 4.25. The summed E-state index contributed by atoms with van der Waals surface area (Å²) in [5.41, 5.74) is 0.226. The molecule has 1 N–H and O–H groups in total. The Morgan fingerprint density at radius 1 is 1.48 bits per heavy atom. The number of cyclic esters (lactones) is 1. The molecule has 142 valence electrons. The highest BCUT2D eigenvalue weighted by molar-refractivity contribution is 5.90. The van der Waals surface area contributed by atoms with Crippen molar-refractivity contribution in [3.63, 3.8) is 0 Å². The molecule has 0 bridgehead atoms. The van der Waals surface area contributed by atoms with Crippen molar-refractivity contribution in [2.45, 2.75) is 13.0 Å². The van der Waals surface area contributed by atoms with Crippen LogP contribution in [-0.4, -0.2) is 51.4 Å². The molecule has 0 spiro atoms. The third-order valence-electron chi connectivity index (χ3n) is 3.75. The van der Waals surface area contributed by atoms with E-state index in [9.17, 15) is 18.4 Å². The molecule has 1 saturated heterocycles. The van der Waals surface area contributed by atoms with Crippen LogP contribution in [0.4, 0.5) is 19.3 Å². The van der Waals surface area contributed by atoms with E-state index in [4.69, 9.17) is 4.74 Å². The first-order valence-corrected chi connectivity index (χ1v) is 7.97. The summed E-state index contributed by atoms with van der Waals surface area (Å²) in [4.78, 5) is 25.2. The molecule has 1 aromatic carbocycles. The molecule has 1 fully saturated rings. The minimum Gasteiger partial charge on any atom is -0.442 e. The van der Waals surface area contributed by atoms with Crippen molar-refractivity contribution in [1.29, 1.82) is 0 Å². The van der Waals surface area contributed by atoms with E-state index in [2.05, 4.69) is 20.7 Å². The Balaban J connectivity index is 1.75. The fraction of sp³-hybridized carbons (Fsp3) is 0.312. The summed E-state index contributed by atoms with van der Waals surface area (Å²) < 4.78 is 33.6. The first-order valence-electron chi connectivity index (χ1n) is 7.97. The average molecular weight is 378 g/mol. The monoisotopic (exact) mass is 378 g/mol. The molecule has 2 amide bonds. The SMILES string of the molecule is CC(=O)NC[C@H]1CN(c2ccc(/C=C(\F)c3nnn(C)n3)c(F)c2)C(=O)O1. The number of hydrogen-bond acceptors (Lipinski definition) is 6. The van der Waals surface area contributed by atoms with E-state index in [1.165, 1.54) is 31.0 Å². The Bertz CT molecular complexity index is 913. The summed E-state index contributed by atoms with van der Waals surface area (Å²) >= 11 is 0. The summed E-state index contributed by atoms with van der Waals surface area (Å²) in [6.07, 6.45) is -0.245. The van der Waals surface area contributed by atoms with Crippen LogP contribution in [0.3, 0.4) is 0 Å². The number of hydrogen-bond donors (Lipinski definition) is 1. The number of carbonyl (C=O) groups is 2. The average Bonchev–Trinajstić information content (AvgIpc) is 3.20. The molecule has 3 rings (SSSR count). The van der Waals surface area contributed by atoms with E-state index in [1.807, 2.05) is 0 Å². The molecule has 11 heteroatoms. The Kier molecular flexibility index (Phi) is 5.10. The molecule has 9 nitrogen and oxygen atoms in total. The second kappa shape index (κ2) is 7.48. The van der Waals surface area contributed by atoms with Crippen molar-refractivity contribution in [1.82, 2.24) is 25.5 Å². The number of carbonyl (C=O) groups excluding carboxylic acids is 2.